The number of aromatic nitrogens is 4. The number of nitro groups is 1. The van der Waals surface area contributed by atoms with Crippen LogP contribution in [0, 0.1) is 10.1 Å². The van der Waals surface area contributed by atoms with E-state index >= 15 is 0 Å². The van der Waals surface area contributed by atoms with Crippen molar-refractivity contribution < 1.29 is 14.8 Å². The van der Waals surface area contributed by atoms with Gasteiger partial charge in [-0.15, -0.1) is 5.10 Å². The van der Waals surface area contributed by atoms with E-state index in [4.69, 9.17) is 0 Å². The maximum Gasteiger partial charge on any atom is 0.358 e. The molecule has 3 rings (SSSR count). The van der Waals surface area contributed by atoms with E-state index in [0.717, 1.165) is 0 Å². The van der Waals surface area contributed by atoms with Crippen LogP contribution < -0.4 is 0 Å². The number of nitro benzene ring substituents is 1. The molecular formula is C14H9N5O4. The van der Waals surface area contributed by atoms with Gasteiger partial charge in [-0.3, -0.25) is 15.1 Å². The highest BCUT2D eigenvalue weighted by Crippen LogP contribution is 2.26. The first-order valence-corrected chi connectivity index (χ1v) is 6.42. The number of hydrogen-bond donors (Lipinski definition) is 1. The third-order valence-corrected chi connectivity index (χ3v) is 3.09. The predicted octanol–water partition coefficient (Wildman–Crippen LogP) is 1.94. The van der Waals surface area contributed by atoms with Gasteiger partial charge in [0.25, 0.3) is 5.69 Å². The van der Waals surface area contributed by atoms with E-state index in [0.29, 0.717) is 11.3 Å². The highest BCUT2D eigenvalue weighted by atomic mass is 16.6. The first-order chi connectivity index (χ1) is 11.1. The zero-order valence-corrected chi connectivity index (χ0v) is 11.5. The van der Waals surface area contributed by atoms with Crippen LogP contribution in [-0.2, 0) is 0 Å². The smallest absolute Gasteiger partial charge is 0.358 e. The molecule has 2 aromatic heterocycles. The summed E-state index contributed by atoms with van der Waals surface area (Å²) in [5.41, 5.74) is 0.627. The van der Waals surface area contributed by atoms with Crippen LogP contribution in [0.15, 0.2) is 48.8 Å². The van der Waals surface area contributed by atoms with E-state index in [2.05, 4.69) is 15.3 Å². The number of rotatable bonds is 4. The molecule has 1 N–H and O–H groups in total. The number of hydrogen-bond acceptors (Lipinski definition) is 6. The van der Waals surface area contributed by atoms with E-state index < -0.39 is 10.9 Å². The summed E-state index contributed by atoms with van der Waals surface area (Å²) in [7, 11) is 0. The van der Waals surface area contributed by atoms with E-state index in [1.165, 1.54) is 29.1 Å². The number of non-ortho nitro benzene ring substituents is 1. The molecule has 0 aliphatic heterocycles. The lowest BCUT2D eigenvalue weighted by atomic mass is 10.1. The molecule has 0 spiro atoms. The van der Waals surface area contributed by atoms with Gasteiger partial charge in [0.1, 0.15) is 5.69 Å². The van der Waals surface area contributed by atoms with Crippen molar-refractivity contribution in [1.82, 2.24) is 20.0 Å². The molecule has 0 saturated heterocycles. The Morgan fingerprint density at radius 2 is 2.09 bits per heavy atom. The van der Waals surface area contributed by atoms with Crippen LogP contribution in [0.1, 0.15) is 10.5 Å². The zero-order chi connectivity index (χ0) is 16.4. The van der Waals surface area contributed by atoms with Crippen LogP contribution in [0.2, 0.25) is 0 Å². The fraction of sp³-hybridized carbons (Fsp3) is 0. The summed E-state index contributed by atoms with van der Waals surface area (Å²) in [4.78, 5) is 25.7. The van der Waals surface area contributed by atoms with Crippen molar-refractivity contribution >= 4 is 11.7 Å². The summed E-state index contributed by atoms with van der Waals surface area (Å²) in [5, 5.41) is 27.7. The van der Waals surface area contributed by atoms with Crippen LogP contribution in [0.25, 0.3) is 16.9 Å². The van der Waals surface area contributed by atoms with Crippen molar-refractivity contribution in [2.75, 3.05) is 0 Å². The molecule has 0 bridgehead atoms. The number of carbonyl (C=O) groups is 1. The van der Waals surface area contributed by atoms with Gasteiger partial charge in [0.05, 0.1) is 10.6 Å². The number of benzene rings is 1. The van der Waals surface area contributed by atoms with Crippen molar-refractivity contribution in [3.8, 4) is 16.9 Å². The largest absolute Gasteiger partial charge is 0.476 e. The minimum absolute atomic E-state index is 0.132. The summed E-state index contributed by atoms with van der Waals surface area (Å²) in [6.45, 7) is 0. The quantitative estimate of drug-likeness (QED) is 0.576. The molecule has 0 fully saturated rings. The second-order valence-corrected chi connectivity index (χ2v) is 4.52. The number of carboxylic acids is 1. The minimum atomic E-state index is -1.25. The second-order valence-electron chi connectivity index (χ2n) is 4.52. The Labute approximate surface area is 129 Å². The van der Waals surface area contributed by atoms with Gasteiger partial charge < -0.3 is 5.11 Å². The van der Waals surface area contributed by atoms with Crippen LogP contribution in [0.5, 0.6) is 0 Å². The highest BCUT2D eigenvalue weighted by Gasteiger charge is 2.22. The van der Waals surface area contributed by atoms with Gasteiger partial charge in [0.2, 0.25) is 0 Å². The molecule has 9 heteroatoms. The number of carboxylic acid groups (broad SMARTS) is 1. The Bertz CT molecular complexity index is 891. The van der Waals surface area contributed by atoms with Crippen molar-refractivity contribution in [3.63, 3.8) is 0 Å². The van der Waals surface area contributed by atoms with Crippen molar-refractivity contribution in [2.45, 2.75) is 0 Å². The van der Waals surface area contributed by atoms with Gasteiger partial charge in [-0.25, -0.2) is 9.48 Å². The summed E-state index contributed by atoms with van der Waals surface area (Å²) < 4.78 is 1.24. The first kappa shape index (κ1) is 14.3. The Kier molecular flexibility index (Phi) is 3.51. The van der Waals surface area contributed by atoms with Crippen molar-refractivity contribution in [1.29, 1.82) is 0 Å². The number of pyridine rings is 1. The lowest BCUT2D eigenvalue weighted by Gasteiger charge is -2.06. The van der Waals surface area contributed by atoms with Crippen molar-refractivity contribution in [3.05, 3.63) is 64.6 Å². The molecule has 3 aromatic rings. The SMILES string of the molecule is O=C(O)c1nnn(-c2cccc([N+](=O)[O-])c2)c1-c1cccnc1. The fourth-order valence-electron chi connectivity index (χ4n) is 2.11. The van der Waals surface area contributed by atoms with Crippen LogP contribution in [0.4, 0.5) is 5.69 Å². The van der Waals surface area contributed by atoms with Gasteiger partial charge in [-0.1, -0.05) is 11.3 Å². The van der Waals surface area contributed by atoms with E-state index in [9.17, 15) is 20.0 Å². The molecule has 0 unspecified atom stereocenters. The average molecular weight is 311 g/mol. The molecule has 0 aliphatic rings. The summed E-state index contributed by atoms with van der Waals surface area (Å²) >= 11 is 0. The van der Waals surface area contributed by atoms with Gasteiger partial charge in [-0.2, -0.15) is 0 Å². The minimum Gasteiger partial charge on any atom is -0.476 e. The molecule has 0 atom stereocenters. The third-order valence-electron chi connectivity index (χ3n) is 3.09. The number of nitrogens with zero attached hydrogens (tertiary/aromatic N) is 5. The topological polar surface area (TPSA) is 124 Å². The number of aromatic carboxylic acids is 1. The molecule has 0 saturated carbocycles. The van der Waals surface area contributed by atoms with E-state index in [-0.39, 0.29) is 17.1 Å². The van der Waals surface area contributed by atoms with E-state index in [1.807, 2.05) is 0 Å². The molecule has 0 aliphatic carbocycles. The molecule has 1 aromatic carbocycles. The summed E-state index contributed by atoms with van der Waals surface area (Å²) in [6, 6.07) is 9.00. The van der Waals surface area contributed by atoms with Gasteiger partial charge >= 0.3 is 5.97 Å². The molecule has 114 valence electrons. The molecular weight excluding hydrogens is 302 g/mol. The van der Waals surface area contributed by atoms with Gasteiger partial charge in [-0.05, 0) is 18.2 Å². The van der Waals surface area contributed by atoms with Crippen LogP contribution >= 0.6 is 0 Å². The lowest BCUT2D eigenvalue weighted by Crippen LogP contribution is -2.03. The predicted molar refractivity (Wildman–Crippen MR) is 78.2 cm³/mol. The molecule has 23 heavy (non-hydrogen) atoms. The Hall–Kier alpha value is -3.62. The monoisotopic (exact) mass is 311 g/mol. The Morgan fingerprint density at radius 3 is 2.74 bits per heavy atom. The first-order valence-electron chi connectivity index (χ1n) is 6.42. The third kappa shape index (κ3) is 2.62. The summed E-state index contributed by atoms with van der Waals surface area (Å²) in [5.74, 6) is -1.25. The molecule has 0 radical (unpaired) electrons. The normalized spacial score (nSPS) is 10.4. The van der Waals surface area contributed by atoms with Crippen LogP contribution in [0.3, 0.4) is 0 Å². The van der Waals surface area contributed by atoms with E-state index in [1.54, 1.807) is 24.4 Å². The molecule has 9 nitrogen and oxygen atoms in total. The Morgan fingerprint density at radius 1 is 1.26 bits per heavy atom. The zero-order valence-electron chi connectivity index (χ0n) is 11.5. The lowest BCUT2D eigenvalue weighted by molar-refractivity contribution is -0.384. The maximum absolute atomic E-state index is 11.4. The average Bonchev–Trinajstić information content (AvgIpc) is 3.01. The maximum atomic E-state index is 11.4. The van der Waals surface area contributed by atoms with Gasteiger partial charge in [0, 0.05) is 30.1 Å². The molecule has 2 heterocycles. The van der Waals surface area contributed by atoms with Gasteiger partial charge in [0.15, 0.2) is 5.69 Å². The van der Waals surface area contributed by atoms with Crippen molar-refractivity contribution in [2.24, 2.45) is 0 Å². The fourth-order valence-corrected chi connectivity index (χ4v) is 2.11. The second kappa shape index (κ2) is 5.64. The molecule has 0 amide bonds. The Balaban J connectivity index is 2.23. The standard InChI is InChI=1S/C14H9N5O4/c20-14(21)12-13(9-3-2-6-15-8-9)18(17-16-12)10-4-1-5-11(7-10)19(22)23/h1-8H,(H,20,21). The van der Waals surface area contributed by atoms with Crippen LogP contribution in [-0.4, -0.2) is 36.0 Å². The highest BCUT2D eigenvalue weighted by molar-refractivity contribution is 5.93. The summed E-state index contributed by atoms with van der Waals surface area (Å²) in [6.07, 6.45) is 3.02.